The number of nitriles is 1. The van der Waals surface area contributed by atoms with E-state index >= 15 is 0 Å². The average Bonchev–Trinajstić information content (AvgIpc) is 2.47. The van der Waals surface area contributed by atoms with Gasteiger partial charge in [0.2, 0.25) is 0 Å². The fourth-order valence-electron chi connectivity index (χ4n) is 2.01. The summed E-state index contributed by atoms with van der Waals surface area (Å²) >= 11 is 0. The molecule has 0 aliphatic heterocycles. The zero-order valence-corrected chi connectivity index (χ0v) is 10.7. The lowest BCUT2D eigenvalue weighted by atomic mass is 10.0. The second-order valence-electron chi connectivity index (χ2n) is 4.32. The molecule has 1 N–H and O–H groups in total. The Kier molecular flexibility index (Phi) is 4.15. The van der Waals surface area contributed by atoms with Gasteiger partial charge in [-0.25, -0.2) is 4.39 Å². The van der Waals surface area contributed by atoms with Gasteiger partial charge in [0.05, 0.1) is 11.6 Å². The second-order valence-corrected chi connectivity index (χ2v) is 4.32. The van der Waals surface area contributed by atoms with Gasteiger partial charge in [0.15, 0.2) is 0 Å². The van der Waals surface area contributed by atoms with Crippen molar-refractivity contribution >= 4 is 5.69 Å². The van der Waals surface area contributed by atoms with Crippen LogP contribution in [0.25, 0.3) is 0 Å². The third-order valence-electron chi connectivity index (χ3n) is 3.04. The molecule has 0 saturated heterocycles. The molecule has 0 saturated carbocycles. The Morgan fingerprint density at radius 2 is 1.95 bits per heavy atom. The summed E-state index contributed by atoms with van der Waals surface area (Å²) in [6, 6.07) is 16.6. The van der Waals surface area contributed by atoms with Crippen LogP contribution in [0.3, 0.4) is 0 Å². The average molecular weight is 254 g/mol. The molecule has 0 spiro atoms. The lowest BCUT2D eigenvalue weighted by Gasteiger charge is -2.19. The number of nitrogens with zero attached hydrogens (tertiary/aromatic N) is 1. The summed E-state index contributed by atoms with van der Waals surface area (Å²) < 4.78 is 13.3. The van der Waals surface area contributed by atoms with Crippen molar-refractivity contribution in [3.05, 3.63) is 65.5 Å². The summed E-state index contributed by atoms with van der Waals surface area (Å²) in [6.45, 7) is 2.08. The van der Waals surface area contributed by atoms with Crippen LogP contribution in [0.5, 0.6) is 0 Å². The number of anilines is 1. The molecule has 0 bridgehead atoms. The SMILES string of the molecule is CCC(Nc1ccc(F)c(C#N)c1)c1ccccc1. The van der Waals surface area contributed by atoms with E-state index in [0.717, 1.165) is 12.1 Å². The van der Waals surface area contributed by atoms with Crippen LogP contribution < -0.4 is 5.32 Å². The van der Waals surface area contributed by atoms with Gasteiger partial charge in [-0.05, 0) is 30.2 Å². The smallest absolute Gasteiger partial charge is 0.141 e. The van der Waals surface area contributed by atoms with E-state index in [0.29, 0.717) is 0 Å². The monoisotopic (exact) mass is 254 g/mol. The van der Waals surface area contributed by atoms with E-state index in [1.165, 1.54) is 11.6 Å². The first-order valence-corrected chi connectivity index (χ1v) is 6.25. The number of halogens is 1. The number of rotatable bonds is 4. The van der Waals surface area contributed by atoms with Gasteiger partial charge in [-0.15, -0.1) is 0 Å². The highest BCUT2D eigenvalue weighted by molar-refractivity contribution is 5.51. The van der Waals surface area contributed by atoms with Crippen molar-refractivity contribution in [3.8, 4) is 6.07 Å². The molecule has 0 fully saturated rings. The maximum Gasteiger partial charge on any atom is 0.141 e. The summed E-state index contributed by atoms with van der Waals surface area (Å²) in [5, 5.41) is 12.2. The van der Waals surface area contributed by atoms with Crippen molar-refractivity contribution in [2.24, 2.45) is 0 Å². The summed E-state index contributed by atoms with van der Waals surface area (Å²) in [5.41, 5.74) is 1.99. The van der Waals surface area contributed by atoms with Gasteiger partial charge >= 0.3 is 0 Å². The van der Waals surface area contributed by atoms with Gasteiger partial charge in [0.1, 0.15) is 11.9 Å². The molecular weight excluding hydrogens is 239 g/mol. The first-order valence-electron chi connectivity index (χ1n) is 6.25. The zero-order valence-electron chi connectivity index (χ0n) is 10.7. The molecule has 2 rings (SSSR count). The number of hydrogen-bond donors (Lipinski definition) is 1. The van der Waals surface area contributed by atoms with Gasteiger partial charge in [0, 0.05) is 5.69 Å². The van der Waals surface area contributed by atoms with Crippen LogP contribution in [-0.2, 0) is 0 Å². The highest BCUT2D eigenvalue weighted by Crippen LogP contribution is 2.23. The van der Waals surface area contributed by atoms with Gasteiger partial charge in [-0.3, -0.25) is 0 Å². The van der Waals surface area contributed by atoms with Crippen LogP contribution in [0.1, 0.15) is 30.5 Å². The van der Waals surface area contributed by atoms with Gasteiger partial charge in [0.25, 0.3) is 0 Å². The molecule has 1 atom stereocenters. The minimum absolute atomic E-state index is 0.0629. The molecule has 19 heavy (non-hydrogen) atoms. The van der Waals surface area contributed by atoms with Crippen molar-refractivity contribution in [2.45, 2.75) is 19.4 Å². The van der Waals surface area contributed by atoms with E-state index in [4.69, 9.17) is 5.26 Å². The predicted octanol–water partition coefficient (Wildman–Crippen LogP) is 4.26. The number of nitrogens with one attached hydrogen (secondary N) is 1. The van der Waals surface area contributed by atoms with Crippen LogP contribution in [0.4, 0.5) is 10.1 Å². The van der Waals surface area contributed by atoms with Crippen molar-refractivity contribution in [3.63, 3.8) is 0 Å². The Balaban J connectivity index is 2.22. The Morgan fingerprint density at radius 3 is 2.58 bits per heavy atom. The minimum atomic E-state index is -0.485. The molecule has 1 unspecified atom stereocenters. The summed E-state index contributed by atoms with van der Waals surface area (Å²) in [5.74, 6) is -0.485. The number of hydrogen-bond acceptors (Lipinski definition) is 2. The maximum atomic E-state index is 13.3. The Bertz CT molecular complexity index is 587. The largest absolute Gasteiger partial charge is 0.378 e. The fraction of sp³-hybridized carbons (Fsp3) is 0.188. The van der Waals surface area contributed by atoms with E-state index in [1.54, 1.807) is 12.1 Å². The van der Waals surface area contributed by atoms with E-state index in [-0.39, 0.29) is 11.6 Å². The zero-order chi connectivity index (χ0) is 13.7. The molecule has 3 heteroatoms. The third-order valence-corrected chi connectivity index (χ3v) is 3.04. The van der Waals surface area contributed by atoms with Gasteiger partial charge in [-0.2, -0.15) is 5.26 Å². The topological polar surface area (TPSA) is 35.8 Å². The molecule has 2 aromatic carbocycles. The molecule has 0 amide bonds. The standard InChI is InChI=1S/C16H15FN2/c1-2-16(12-6-4-3-5-7-12)19-14-8-9-15(17)13(10-14)11-18/h3-10,16,19H,2H2,1H3. The molecule has 0 aromatic heterocycles. The fourth-order valence-corrected chi connectivity index (χ4v) is 2.01. The van der Waals surface area contributed by atoms with Crippen molar-refractivity contribution in [2.75, 3.05) is 5.32 Å². The number of benzene rings is 2. The quantitative estimate of drug-likeness (QED) is 0.884. The maximum absolute atomic E-state index is 13.3. The lowest BCUT2D eigenvalue weighted by Crippen LogP contribution is -2.09. The van der Waals surface area contributed by atoms with Crippen LogP contribution in [0, 0.1) is 17.1 Å². The summed E-state index contributed by atoms with van der Waals surface area (Å²) in [7, 11) is 0. The molecule has 0 heterocycles. The van der Waals surface area contributed by atoms with Crippen molar-refractivity contribution in [1.82, 2.24) is 0 Å². The van der Waals surface area contributed by atoms with Crippen LogP contribution >= 0.6 is 0 Å². The summed E-state index contributed by atoms with van der Waals surface area (Å²) in [4.78, 5) is 0. The molecular formula is C16H15FN2. The third kappa shape index (κ3) is 3.11. The Hall–Kier alpha value is -2.34. The van der Waals surface area contributed by atoms with Crippen molar-refractivity contribution < 1.29 is 4.39 Å². The molecule has 2 nitrogen and oxygen atoms in total. The second kappa shape index (κ2) is 6.01. The van der Waals surface area contributed by atoms with Crippen LogP contribution in [-0.4, -0.2) is 0 Å². The Labute approximate surface area is 112 Å². The highest BCUT2D eigenvalue weighted by atomic mass is 19.1. The Morgan fingerprint density at radius 1 is 1.21 bits per heavy atom. The first-order chi connectivity index (χ1) is 9.24. The van der Waals surface area contributed by atoms with E-state index in [9.17, 15) is 4.39 Å². The minimum Gasteiger partial charge on any atom is -0.378 e. The van der Waals surface area contributed by atoms with Crippen LogP contribution in [0.15, 0.2) is 48.5 Å². The molecule has 0 radical (unpaired) electrons. The van der Waals surface area contributed by atoms with E-state index < -0.39 is 5.82 Å². The van der Waals surface area contributed by atoms with Gasteiger partial charge in [-0.1, -0.05) is 37.3 Å². The van der Waals surface area contributed by atoms with E-state index in [2.05, 4.69) is 24.4 Å². The van der Waals surface area contributed by atoms with Crippen molar-refractivity contribution in [1.29, 1.82) is 5.26 Å². The highest BCUT2D eigenvalue weighted by Gasteiger charge is 2.10. The molecule has 0 aliphatic rings. The predicted molar refractivity (Wildman–Crippen MR) is 74.2 cm³/mol. The first kappa shape index (κ1) is 13.1. The molecule has 96 valence electrons. The molecule has 2 aromatic rings. The van der Waals surface area contributed by atoms with Gasteiger partial charge < -0.3 is 5.32 Å². The lowest BCUT2D eigenvalue weighted by molar-refractivity contribution is 0.624. The normalized spacial score (nSPS) is 11.6. The summed E-state index contributed by atoms with van der Waals surface area (Å²) in [6.07, 6.45) is 0.906. The molecule has 0 aliphatic carbocycles. The van der Waals surface area contributed by atoms with Crippen LogP contribution in [0.2, 0.25) is 0 Å². The van der Waals surface area contributed by atoms with E-state index in [1.807, 2.05) is 24.3 Å².